The maximum atomic E-state index is 11.8. The topological polar surface area (TPSA) is 74.2 Å². The van der Waals surface area contributed by atoms with Gasteiger partial charge in [-0.3, -0.25) is 0 Å². The van der Waals surface area contributed by atoms with Crippen molar-refractivity contribution in [2.24, 2.45) is 0 Å². The number of nitriles is 1. The Balaban J connectivity index is 2.01. The number of nitrogens with zero attached hydrogens (tertiary/aromatic N) is 1. The summed E-state index contributed by atoms with van der Waals surface area (Å²) >= 11 is 0. The van der Waals surface area contributed by atoms with E-state index >= 15 is 0 Å². The highest BCUT2D eigenvalue weighted by molar-refractivity contribution is 5.90. The van der Waals surface area contributed by atoms with Crippen LogP contribution in [0.25, 0.3) is 0 Å². The van der Waals surface area contributed by atoms with Crippen molar-refractivity contribution >= 4 is 11.7 Å². The zero-order valence-electron chi connectivity index (χ0n) is 10.9. The zero-order chi connectivity index (χ0) is 13.7. The van der Waals surface area contributed by atoms with Gasteiger partial charge in [-0.25, -0.2) is 4.79 Å². The Morgan fingerprint density at radius 1 is 1.58 bits per heavy atom. The van der Waals surface area contributed by atoms with Crippen molar-refractivity contribution < 1.29 is 9.53 Å². The molecule has 2 rings (SSSR count). The van der Waals surface area contributed by atoms with E-state index in [1.807, 2.05) is 6.92 Å². The van der Waals surface area contributed by atoms with Gasteiger partial charge in [0.15, 0.2) is 0 Å². The molecule has 1 atom stereocenters. The molecular formula is C14H17N3O2. The van der Waals surface area contributed by atoms with Crippen molar-refractivity contribution in [2.75, 3.05) is 18.5 Å². The number of urea groups is 1. The Hall–Kier alpha value is -2.06. The van der Waals surface area contributed by atoms with Crippen LogP contribution in [-0.2, 0) is 11.2 Å². The van der Waals surface area contributed by atoms with Crippen LogP contribution in [0.3, 0.4) is 0 Å². The van der Waals surface area contributed by atoms with Gasteiger partial charge in [-0.2, -0.15) is 5.26 Å². The second-order valence-electron chi connectivity index (χ2n) is 4.50. The van der Waals surface area contributed by atoms with Crippen LogP contribution in [-0.4, -0.2) is 25.3 Å². The number of carbonyl (C=O) groups excluding carboxylic acids is 1. The van der Waals surface area contributed by atoms with Crippen molar-refractivity contribution in [3.8, 4) is 6.07 Å². The van der Waals surface area contributed by atoms with Gasteiger partial charge < -0.3 is 15.4 Å². The summed E-state index contributed by atoms with van der Waals surface area (Å²) in [6.07, 6.45) is 1.61. The van der Waals surface area contributed by atoms with Crippen LogP contribution >= 0.6 is 0 Å². The molecule has 0 saturated carbocycles. The van der Waals surface area contributed by atoms with Crippen molar-refractivity contribution in [3.05, 3.63) is 29.3 Å². The van der Waals surface area contributed by atoms with Crippen molar-refractivity contribution in [1.29, 1.82) is 5.26 Å². The van der Waals surface area contributed by atoms with Crippen molar-refractivity contribution in [3.63, 3.8) is 0 Å². The van der Waals surface area contributed by atoms with E-state index in [4.69, 9.17) is 10.00 Å². The number of ether oxygens (including phenoxy) is 1. The van der Waals surface area contributed by atoms with Crippen LogP contribution in [0.15, 0.2) is 18.2 Å². The monoisotopic (exact) mass is 259 g/mol. The Bertz CT molecular complexity index is 502. The number of amides is 2. The number of anilines is 1. The lowest BCUT2D eigenvalue weighted by molar-refractivity contribution is 0.189. The normalized spacial score (nSPS) is 17.8. The minimum atomic E-state index is -0.227. The third-order valence-corrected chi connectivity index (χ3v) is 3.13. The zero-order valence-corrected chi connectivity index (χ0v) is 10.9. The predicted octanol–water partition coefficient (Wildman–Crippen LogP) is 2.03. The fourth-order valence-electron chi connectivity index (χ4n) is 2.07. The molecule has 1 unspecified atom stereocenters. The largest absolute Gasteiger partial charge is 0.379 e. The Labute approximate surface area is 112 Å². The highest BCUT2D eigenvalue weighted by Gasteiger charge is 2.18. The molecule has 5 nitrogen and oxygen atoms in total. The third-order valence-electron chi connectivity index (χ3n) is 3.13. The highest BCUT2D eigenvalue weighted by atomic mass is 16.5. The van der Waals surface area contributed by atoms with E-state index in [2.05, 4.69) is 16.7 Å². The SMILES string of the molecule is CCc1cc(C#N)ccc1NC(=O)NC1CCOC1. The molecule has 1 aliphatic heterocycles. The molecule has 1 heterocycles. The summed E-state index contributed by atoms with van der Waals surface area (Å²) in [6.45, 7) is 3.26. The third kappa shape index (κ3) is 3.46. The first-order valence-electron chi connectivity index (χ1n) is 6.41. The van der Waals surface area contributed by atoms with Gasteiger partial charge in [0.25, 0.3) is 0 Å². The van der Waals surface area contributed by atoms with Gasteiger partial charge in [0.05, 0.1) is 24.3 Å². The average molecular weight is 259 g/mol. The minimum Gasteiger partial charge on any atom is -0.379 e. The van der Waals surface area contributed by atoms with E-state index in [0.717, 1.165) is 24.1 Å². The molecule has 0 aromatic heterocycles. The summed E-state index contributed by atoms with van der Waals surface area (Å²) in [5, 5.41) is 14.5. The smallest absolute Gasteiger partial charge is 0.319 e. The Morgan fingerprint density at radius 2 is 2.42 bits per heavy atom. The molecule has 2 N–H and O–H groups in total. The summed E-state index contributed by atoms with van der Waals surface area (Å²) in [6, 6.07) is 7.22. The second kappa shape index (κ2) is 6.21. The van der Waals surface area contributed by atoms with Gasteiger partial charge in [-0.15, -0.1) is 0 Å². The van der Waals surface area contributed by atoms with E-state index < -0.39 is 0 Å². The van der Waals surface area contributed by atoms with Gasteiger partial charge in [0.2, 0.25) is 0 Å². The Morgan fingerprint density at radius 3 is 3.05 bits per heavy atom. The van der Waals surface area contributed by atoms with Gasteiger partial charge in [0, 0.05) is 12.3 Å². The molecule has 0 aliphatic carbocycles. The second-order valence-corrected chi connectivity index (χ2v) is 4.50. The fourth-order valence-corrected chi connectivity index (χ4v) is 2.07. The first kappa shape index (κ1) is 13.4. The van der Waals surface area contributed by atoms with Gasteiger partial charge >= 0.3 is 6.03 Å². The van der Waals surface area contributed by atoms with Crippen LogP contribution in [0.5, 0.6) is 0 Å². The van der Waals surface area contributed by atoms with Crippen molar-refractivity contribution in [1.82, 2.24) is 5.32 Å². The van der Waals surface area contributed by atoms with E-state index in [1.165, 1.54) is 0 Å². The number of rotatable bonds is 3. The lowest BCUT2D eigenvalue weighted by Gasteiger charge is -2.14. The molecule has 1 aromatic carbocycles. The molecule has 1 aromatic rings. The van der Waals surface area contributed by atoms with Crippen LogP contribution in [0.4, 0.5) is 10.5 Å². The van der Waals surface area contributed by atoms with E-state index in [0.29, 0.717) is 18.8 Å². The van der Waals surface area contributed by atoms with Gasteiger partial charge in [-0.1, -0.05) is 6.92 Å². The van der Waals surface area contributed by atoms with Crippen LogP contribution in [0, 0.1) is 11.3 Å². The molecule has 1 aliphatic rings. The lowest BCUT2D eigenvalue weighted by Crippen LogP contribution is -2.38. The van der Waals surface area contributed by atoms with Crippen LogP contribution in [0.1, 0.15) is 24.5 Å². The first-order chi connectivity index (χ1) is 9.22. The van der Waals surface area contributed by atoms with Gasteiger partial charge in [-0.05, 0) is 36.6 Å². The average Bonchev–Trinajstić information content (AvgIpc) is 2.91. The number of aryl methyl sites for hydroxylation is 1. The molecule has 1 fully saturated rings. The standard InChI is InChI=1S/C14H17N3O2/c1-2-11-7-10(8-15)3-4-13(11)17-14(18)16-12-5-6-19-9-12/h3-4,7,12H,2,5-6,9H2,1H3,(H2,16,17,18). The molecular weight excluding hydrogens is 242 g/mol. The summed E-state index contributed by atoms with van der Waals surface area (Å²) < 4.78 is 5.20. The highest BCUT2D eigenvalue weighted by Crippen LogP contribution is 2.18. The lowest BCUT2D eigenvalue weighted by atomic mass is 10.1. The summed E-state index contributed by atoms with van der Waals surface area (Å²) in [5.41, 5.74) is 2.31. The quantitative estimate of drug-likeness (QED) is 0.872. The molecule has 2 amide bonds. The van der Waals surface area contributed by atoms with Crippen LogP contribution < -0.4 is 10.6 Å². The summed E-state index contributed by atoms with van der Waals surface area (Å²) in [5.74, 6) is 0. The van der Waals surface area contributed by atoms with Crippen LogP contribution in [0.2, 0.25) is 0 Å². The maximum absolute atomic E-state index is 11.8. The number of carbonyl (C=O) groups is 1. The van der Waals surface area contributed by atoms with E-state index in [1.54, 1.807) is 18.2 Å². The van der Waals surface area contributed by atoms with Crippen molar-refractivity contribution in [2.45, 2.75) is 25.8 Å². The van der Waals surface area contributed by atoms with E-state index in [-0.39, 0.29) is 12.1 Å². The summed E-state index contributed by atoms with van der Waals surface area (Å²) in [7, 11) is 0. The molecule has 0 spiro atoms. The predicted molar refractivity (Wildman–Crippen MR) is 71.9 cm³/mol. The maximum Gasteiger partial charge on any atom is 0.319 e. The first-order valence-corrected chi connectivity index (χ1v) is 6.41. The molecule has 100 valence electrons. The molecule has 0 bridgehead atoms. The molecule has 19 heavy (non-hydrogen) atoms. The molecule has 0 radical (unpaired) electrons. The number of hydrogen-bond donors (Lipinski definition) is 2. The molecule has 5 heteroatoms. The number of nitrogens with one attached hydrogen (secondary N) is 2. The van der Waals surface area contributed by atoms with E-state index in [9.17, 15) is 4.79 Å². The molecule has 1 saturated heterocycles. The Kier molecular flexibility index (Phi) is 4.37. The minimum absolute atomic E-state index is 0.0865. The summed E-state index contributed by atoms with van der Waals surface area (Å²) in [4.78, 5) is 11.8. The number of hydrogen-bond acceptors (Lipinski definition) is 3. The fraction of sp³-hybridized carbons (Fsp3) is 0.429. The number of benzene rings is 1. The van der Waals surface area contributed by atoms with Gasteiger partial charge in [0.1, 0.15) is 0 Å².